The Bertz CT molecular complexity index is 888. The normalized spacial score (nSPS) is 20.1. The molecule has 1 fully saturated rings. The standard InChI is InChI=1S/C17H23N5O2S/c1-12(17-18-19-20-22(17)15-4-5-15)21-9-7-13-3-6-16(25(2,23)24)11-14(13)8-10-21/h3,6,11-12,15H,4-5,7-10H2,1-2H3. The molecule has 4 rings (SSSR count). The first-order valence-electron chi connectivity index (χ1n) is 8.77. The Balaban J connectivity index is 1.54. The van der Waals surface area contributed by atoms with Crippen LogP contribution in [0.15, 0.2) is 23.1 Å². The lowest BCUT2D eigenvalue weighted by atomic mass is 10.0. The predicted octanol–water partition coefficient (Wildman–Crippen LogP) is 1.57. The van der Waals surface area contributed by atoms with Crippen LogP contribution in [0.3, 0.4) is 0 Å². The van der Waals surface area contributed by atoms with Gasteiger partial charge in [-0.3, -0.25) is 4.90 Å². The van der Waals surface area contributed by atoms with E-state index in [4.69, 9.17) is 0 Å². The van der Waals surface area contributed by atoms with E-state index in [0.29, 0.717) is 10.9 Å². The topological polar surface area (TPSA) is 81.0 Å². The third-order valence-corrected chi connectivity index (χ3v) is 6.39. The van der Waals surface area contributed by atoms with E-state index in [9.17, 15) is 8.42 Å². The summed E-state index contributed by atoms with van der Waals surface area (Å²) in [7, 11) is -3.17. The molecule has 25 heavy (non-hydrogen) atoms. The molecule has 1 aromatic carbocycles. The van der Waals surface area contributed by atoms with Crippen molar-refractivity contribution in [1.82, 2.24) is 25.1 Å². The summed E-state index contributed by atoms with van der Waals surface area (Å²) in [5, 5.41) is 12.3. The van der Waals surface area contributed by atoms with E-state index in [1.807, 2.05) is 16.8 Å². The fourth-order valence-electron chi connectivity index (χ4n) is 3.55. The molecule has 1 aliphatic carbocycles. The van der Waals surface area contributed by atoms with Crippen molar-refractivity contribution in [2.45, 2.75) is 49.6 Å². The number of nitrogens with zero attached hydrogens (tertiary/aromatic N) is 5. The minimum atomic E-state index is -3.17. The second-order valence-corrected chi connectivity index (χ2v) is 9.14. The molecular weight excluding hydrogens is 338 g/mol. The Morgan fingerprint density at radius 2 is 1.88 bits per heavy atom. The summed E-state index contributed by atoms with van der Waals surface area (Å²) in [4.78, 5) is 2.80. The molecule has 0 amide bonds. The second-order valence-electron chi connectivity index (χ2n) is 7.13. The van der Waals surface area contributed by atoms with Crippen molar-refractivity contribution >= 4 is 9.84 Å². The average Bonchev–Trinajstić information content (AvgIpc) is 3.34. The van der Waals surface area contributed by atoms with Gasteiger partial charge in [0.15, 0.2) is 15.7 Å². The summed E-state index contributed by atoms with van der Waals surface area (Å²) in [6, 6.07) is 6.15. The van der Waals surface area contributed by atoms with E-state index < -0.39 is 9.84 Å². The number of rotatable bonds is 4. The number of tetrazole rings is 1. The maximum absolute atomic E-state index is 11.8. The van der Waals surface area contributed by atoms with Crippen molar-refractivity contribution < 1.29 is 8.42 Å². The number of hydrogen-bond donors (Lipinski definition) is 0. The van der Waals surface area contributed by atoms with Crippen molar-refractivity contribution in [3.8, 4) is 0 Å². The summed E-state index contributed by atoms with van der Waals surface area (Å²) in [6.07, 6.45) is 5.33. The average molecular weight is 361 g/mol. The van der Waals surface area contributed by atoms with Gasteiger partial charge in [0.25, 0.3) is 0 Å². The van der Waals surface area contributed by atoms with Crippen molar-refractivity contribution in [1.29, 1.82) is 0 Å². The molecule has 2 aliphatic rings. The molecule has 0 N–H and O–H groups in total. The van der Waals surface area contributed by atoms with Gasteiger partial charge in [-0.15, -0.1) is 5.10 Å². The van der Waals surface area contributed by atoms with Crippen LogP contribution in [0, 0.1) is 0 Å². The molecule has 1 atom stereocenters. The van der Waals surface area contributed by atoms with Crippen LogP contribution in [0.2, 0.25) is 0 Å². The van der Waals surface area contributed by atoms with E-state index in [2.05, 4.69) is 27.3 Å². The van der Waals surface area contributed by atoms with Gasteiger partial charge in [0.1, 0.15) is 0 Å². The van der Waals surface area contributed by atoms with E-state index in [1.54, 1.807) is 6.07 Å². The number of aromatic nitrogens is 4. The molecule has 8 heteroatoms. The number of benzene rings is 1. The maximum Gasteiger partial charge on any atom is 0.175 e. The molecule has 1 unspecified atom stereocenters. The molecule has 2 heterocycles. The number of fused-ring (bicyclic) bond motifs is 1. The molecule has 2 aromatic rings. The Hall–Kier alpha value is -1.80. The van der Waals surface area contributed by atoms with Crippen molar-refractivity contribution in [2.24, 2.45) is 0 Å². The number of hydrogen-bond acceptors (Lipinski definition) is 6. The molecule has 0 bridgehead atoms. The van der Waals surface area contributed by atoms with Crippen molar-refractivity contribution in [3.05, 3.63) is 35.2 Å². The largest absolute Gasteiger partial charge is 0.293 e. The van der Waals surface area contributed by atoms with Gasteiger partial charge in [-0.25, -0.2) is 13.1 Å². The van der Waals surface area contributed by atoms with E-state index >= 15 is 0 Å². The monoisotopic (exact) mass is 361 g/mol. The van der Waals surface area contributed by atoms with Crippen LogP contribution in [0.4, 0.5) is 0 Å². The fraction of sp³-hybridized carbons (Fsp3) is 0.588. The Morgan fingerprint density at radius 3 is 2.56 bits per heavy atom. The zero-order valence-electron chi connectivity index (χ0n) is 14.6. The Labute approximate surface area is 147 Å². The molecule has 0 spiro atoms. The zero-order valence-corrected chi connectivity index (χ0v) is 15.4. The molecule has 7 nitrogen and oxygen atoms in total. The molecule has 1 saturated carbocycles. The summed E-state index contributed by atoms with van der Waals surface area (Å²) in [5.41, 5.74) is 2.38. The smallest absolute Gasteiger partial charge is 0.175 e. The molecular formula is C17H23N5O2S. The zero-order chi connectivity index (χ0) is 17.6. The van der Waals surface area contributed by atoms with Crippen LogP contribution < -0.4 is 0 Å². The third-order valence-electron chi connectivity index (χ3n) is 5.27. The fourth-order valence-corrected chi connectivity index (χ4v) is 4.23. The van der Waals surface area contributed by atoms with Crippen molar-refractivity contribution in [2.75, 3.05) is 19.3 Å². The quantitative estimate of drug-likeness (QED) is 0.822. The van der Waals surface area contributed by atoms with Gasteiger partial charge in [-0.2, -0.15) is 0 Å². The van der Waals surface area contributed by atoms with Gasteiger partial charge >= 0.3 is 0 Å². The van der Waals surface area contributed by atoms with Gasteiger partial charge in [-0.05, 0) is 66.3 Å². The van der Waals surface area contributed by atoms with E-state index in [0.717, 1.165) is 50.2 Å². The first-order chi connectivity index (χ1) is 11.9. The number of sulfone groups is 1. The van der Waals surface area contributed by atoms with Crippen LogP contribution in [-0.4, -0.2) is 52.9 Å². The lowest BCUT2D eigenvalue weighted by Gasteiger charge is -2.26. The van der Waals surface area contributed by atoms with Gasteiger partial charge in [-0.1, -0.05) is 6.07 Å². The summed E-state index contributed by atoms with van der Waals surface area (Å²) >= 11 is 0. The van der Waals surface area contributed by atoms with E-state index in [-0.39, 0.29) is 6.04 Å². The van der Waals surface area contributed by atoms with E-state index in [1.165, 1.54) is 11.8 Å². The minimum absolute atomic E-state index is 0.152. The molecule has 134 valence electrons. The Morgan fingerprint density at radius 1 is 1.16 bits per heavy atom. The summed E-state index contributed by atoms with van der Waals surface area (Å²) in [5.74, 6) is 0.935. The first kappa shape index (κ1) is 16.7. The highest BCUT2D eigenvalue weighted by Crippen LogP contribution is 2.36. The lowest BCUT2D eigenvalue weighted by Crippen LogP contribution is -2.31. The van der Waals surface area contributed by atoms with Crippen LogP contribution in [-0.2, 0) is 22.7 Å². The van der Waals surface area contributed by atoms with Gasteiger partial charge < -0.3 is 0 Å². The maximum atomic E-state index is 11.8. The molecule has 0 radical (unpaired) electrons. The highest BCUT2D eigenvalue weighted by atomic mass is 32.2. The first-order valence-corrected chi connectivity index (χ1v) is 10.7. The summed E-state index contributed by atoms with van der Waals surface area (Å²) in [6.45, 7) is 3.95. The second kappa shape index (κ2) is 6.17. The van der Waals surface area contributed by atoms with Crippen LogP contribution in [0.5, 0.6) is 0 Å². The molecule has 1 aromatic heterocycles. The van der Waals surface area contributed by atoms with Crippen LogP contribution >= 0.6 is 0 Å². The minimum Gasteiger partial charge on any atom is -0.293 e. The predicted molar refractivity (Wildman–Crippen MR) is 93.0 cm³/mol. The van der Waals surface area contributed by atoms with Crippen molar-refractivity contribution in [3.63, 3.8) is 0 Å². The SMILES string of the molecule is CC(c1nnnn1C1CC1)N1CCc2ccc(S(C)(=O)=O)cc2CC1. The third kappa shape index (κ3) is 3.32. The highest BCUT2D eigenvalue weighted by molar-refractivity contribution is 7.90. The molecule has 0 saturated heterocycles. The van der Waals surface area contributed by atoms with Gasteiger partial charge in [0, 0.05) is 19.3 Å². The van der Waals surface area contributed by atoms with Gasteiger partial charge in [0.05, 0.1) is 17.0 Å². The lowest BCUT2D eigenvalue weighted by molar-refractivity contribution is 0.207. The van der Waals surface area contributed by atoms with Crippen LogP contribution in [0.1, 0.15) is 48.8 Å². The summed E-state index contributed by atoms with van der Waals surface area (Å²) < 4.78 is 25.6. The Kier molecular flexibility index (Phi) is 4.11. The molecule has 1 aliphatic heterocycles. The van der Waals surface area contributed by atoms with Gasteiger partial charge in [0.2, 0.25) is 0 Å². The van der Waals surface area contributed by atoms with Crippen LogP contribution in [0.25, 0.3) is 0 Å². The highest BCUT2D eigenvalue weighted by Gasteiger charge is 2.31.